The molecule has 0 radical (unpaired) electrons. The number of halogens is 2. The maximum atomic E-state index is 12.5. The predicted molar refractivity (Wildman–Crippen MR) is 83.5 cm³/mol. The lowest BCUT2D eigenvalue weighted by molar-refractivity contribution is -0.125. The fourth-order valence-corrected chi connectivity index (χ4v) is 3.90. The van der Waals surface area contributed by atoms with Gasteiger partial charge in [-0.15, -0.1) is 0 Å². The Morgan fingerprint density at radius 2 is 1.96 bits per heavy atom. The van der Waals surface area contributed by atoms with Gasteiger partial charge in [0, 0.05) is 12.5 Å². The Hall–Kier alpha value is -1.74. The molecule has 1 aliphatic rings. The zero-order valence-electron chi connectivity index (χ0n) is 13.4. The molecule has 1 amide bonds. The molecule has 24 heavy (non-hydrogen) atoms. The van der Waals surface area contributed by atoms with Crippen LogP contribution in [0, 0.1) is 0 Å². The average Bonchev–Trinajstić information content (AvgIpc) is 2.48. The number of alkyl halides is 2. The molecule has 0 unspecified atom stereocenters. The molecule has 1 saturated heterocycles. The topological polar surface area (TPSA) is 84.5 Å². The Bertz CT molecular complexity index is 690. The number of nitrogens with one attached hydrogen (secondary N) is 2. The van der Waals surface area contributed by atoms with Gasteiger partial charge in [0.2, 0.25) is 15.9 Å². The van der Waals surface area contributed by atoms with E-state index >= 15 is 0 Å². The zero-order valence-corrected chi connectivity index (χ0v) is 14.2. The normalized spacial score (nSPS) is 20.7. The number of benzene rings is 1. The van der Waals surface area contributed by atoms with Crippen molar-refractivity contribution in [3.05, 3.63) is 24.3 Å². The van der Waals surface area contributed by atoms with Gasteiger partial charge in [-0.3, -0.25) is 4.79 Å². The Kier molecular flexibility index (Phi) is 5.44. The molecule has 0 spiro atoms. The second kappa shape index (κ2) is 7.02. The van der Waals surface area contributed by atoms with Gasteiger partial charge < -0.3 is 10.1 Å². The second-order valence-corrected chi connectivity index (χ2v) is 7.87. The van der Waals surface area contributed by atoms with Crippen molar-refractivity contribution >= 4 is 15.9 Å². The minimum atomic E-state index is -3.80. The van der Waals surface area contributed by atoms with Crippen molar-refractivity contribution in [2.45, 2.75) is 49.6 Å². The molecule has 0 saturated carbocycles. The molecular weight excluding hydrogens is 342 g/mol. The Morgan fingerprint density at radius 3 is 2.50 bits per heavy atom. The standard InChI is InChI=1S/C15H20F2N2O4S/c1-15(2)12(7-8-14(20)18-15)19-24(21,22)11-5-3-10(4-6-11)23-9-13(16)17/h3-6,12-13,19H,7-9H2,1-2H3,(H,18,20)/t12-/m0/s1. The van der Waals surface area contributed by atoms with Gasteiger partial charge in [-0.05, 0) is 44.5 Å². The summed E-state index contributed by atoms with van der Waals surface area (Å²) < 4.78 is 56.5. The lowest BCUT2D eigenvalue weighted by Gasteiger charge is -2.39. The summed E-state index contributed by atoms with van der Waals surface area (Å²) in [5.41, 5.74) is -0.706. The van der Waals surface area contributed by atoms with Gasteiger partial charge in [-0.1, -0.05) is 0 Å². The highest BCUT2D eigenvalue weighted by molar-refractivity contribution is 7.89. The van der Waals surface area contributed by atoms with E-state index in [1.54, 1.807) is 13.8 Å². The summed E-state index contributed by atoms with van der Waals surface area (Å²) in [5, 5.41) is 2.76. The maximum absolute atomic E-state index is 12.5. The van der Waals surface area contributed by atoms with Crippen molar-refractivity contribution in [3.63, 3.8) is 0 Å². The molecule has 9 heteroatoms. The van der Waals surface area contributed by atoms with E-state index < -0.39 is 34.6 Å². The van der Waals surface area contributed by atoms with Crippen LogP contribution in [0.15, 0.2) is 29.2 Å². The van der Waals surface area contributed by atoms with Crippen LogP contribution in [-0.4, -0.2) is 38.9 Å². The summed E-state index contributed by atoms with van der Waals surface area (Å²) in [7, 11) is -3.80. The molecule has 1 aromatic carbocycles. The number of carbonyl (C=O) groups excluding carboxylic acids is 1. The van der Waals surface area contributed by atoms with Crippen LogP contribution in [0.3, 0.4) is 0 Å². The van der Waals surface area contributed by atoms with Crippen LogP contribution in [0.2, 0.25) is 0 Å². The quantitative estimate of drug-likeness (QED) is 0.806. The largest absolute Gasteiger partial charge is 0.488 e. The maximum Gasteiger partial charge on any atom is 0.272 e. The highest BCUT2D eigenvalue weighted by Gasteiger charge is 2.37. The fourth-order valence-electron chi connectivity index (χ4n) is 2.48. The third kappa shape index (κ3) is 4.64. The number of ether oxygens (including phenoxy) is 1. The Balaban J connectivity index is 2.08. The van der Waals surface area contributed by atoms with Gasteiger partial charge >= 0.3 is 0 Å². The summed E-state index contributed by atoms with van der Waals surface area (Å²) in [6.07, 6.45) is -1.95. The molecule has 134 valence electrons. The molecule has 1 fully saturated rings. The van der Waals surface area contributed by atoms with E-state index in [-0.39, 0.29) is 23.0 Å². The first-order valence-corrected chi connectivity index (χ1v) is 8.93. The molecule has 2 N–H and O–H groups in total. The lowest BCUT2D eigenvalue weighted by Crippen LogP contribution is -2.61. The monoisotopic (exact) mass is 362 g/mol. The number of amides is 1. The smallest absolute Gasteiger partial charge is 0.272 e. The van der Waals surface area contributed by atoms with Gasteiger partial charge in [0.15, 0.2) is 0 Å². The van der Waals surface area contributed by atoms with Crippen LogP contribution in [0.1, 0.15) is 26.7 Å². The number of rotatable bonds is 6. The van der Waals surface area contributed by atoms with Crippen molar-refractivity contribution in [1.29, 1.82) is 0 Å². The van der Waals surface area contributed by atoms with Gasteiger partial charge in [0.25, 0.3) is 6.43 Å². The third-order valence-electron chi connectivity index (χ3n) is 3.80. The van der Waals surface area contributed by atoms with E-state index in [0.29, 0.717) is 6.42 Å². The van der Waals surface area contributed by atoms with Crippen molar-refractivity contribution in [1.82, 2.24) is 10.0 Å². The predicted octanol–water partition coefficient (Wildman–Crippen LogP) is 1.67. The minimum absolute atomic E-state index is 0.000373. The molecule has 6 nitrogen and oxygen atoms in total. The first kappa shape index (κ1) is 18.6. The number of hydrogen-bond acceptors (Lipinski definition) is 4. The summed E-state index contributed by atoms with van der Waals surface area (Å²) in [4.78, 5) is 11.5. The Morgan fingerprint density at radius 1 is 1.33 bits per heavy atom. The highest BCUT2D eigenvalue weighted by Crippen LogP contribution is 2.23. The minimum Gasteiger partial charge on any atom is -0.488 e. The van der Waals surface area contributed by atoms with Gasteiger partial charge in [-0.2, -0.15) is 0 Å². The van der Waals surface area contributed by atoms with E-state index in [1.807, 2.05) is 0 Å². The van der Waals surface area contributed by atoms with Gasteiger partial charge in [0.05, 0.1) is 10.4 Å². The molecule has 2 rings (SSSR count). The zero-order chi connectivity index (χ0) is 18.0. The van der Waals surface area contributed by atoms with Gasteiger partial charge in [0.1, 0.15) is 12.4 Å². The molecule has 0 aromatic heterocycles. The van der Waals surface area contributed by atoms with E-state index in [0.717, 1.165) is 0 Å². The van der Waals surface area contributed by atoms with Gasteiger partial charge in [-0.25, -0.2) is 21.9 Å². The summed E-state index contributed by atoms with van der Waals surface area (Å²) in [5.74, 6) is 0.0514. The van der Waals surface area contributed by atoms with E-state index in [2.05, 4.69) is 10.0 Å². The van der Waals surface area contributed by atoms with Crippen molar-refractivity contribution in [3.8, 4) is 5.75 Å². The average molecular weight is 362 g/mol. The number of sulfonamides is 1. The van der Waals surface area contributed by atoms with Crippen LogP contribution in [0.5, 0.6) is 5.75 Å². The number of piperidine rings is 1. The molecule has 1 aliphatic heterocycles. The molecular formula is C15H20F2N2O4S. The van der Waals surface area contributed by atoms with E-state index in [4.69, 9.17) is 4.74 Å². The van der Waals surface area contributed by atoms with Crippen LogP contribution < -0.4 is 14.8 Å². The van der Waals surface area contributed by atoms with Crippen molar-refractivity contribution in [2.75, 3.05) is 6.61 Å². The SMILES string of the molecule is CC1(C)NC(=O)CC[C@@H]1NS(=O)(=O)c1ccc(OCC(F)F)cc1. The molecule has 0 bridgehead atoms. The fraction of sp³-hybridized carbons (Fsp3) is 0.533. The second-order valence-electron chi connectivity index (χ2n) is 6.16. The molecule has 1 aromatic rings. The van der Waals surface area contributed by atoms with E-state index in [9.17, 15) is 22.0 Å². The van der Waals surface area contributed by atoms with Crippen molar-refractivity contribution in [2.24, 2.45) is 0 Å². The number of carbonyl (C=O) groups is 1. The molecule has 1 heterocycles. The van der Waals surface area contributed by atoms with Crippen LogP contribution in [0.4, 0.5) is 8.78 Å². The molecule has 1 atom stereocenters. The van der Waals surface area contributed by atoms with Crippen LogP contribution >= 0.6 is 0 Å². The highest BCUT2D eigenvalue weighted by atomic mass is 32.2. The van der Waals surface area contributed by atoms with Crippen LogP contribution in [0.25, 0.3) is 0 Å². The first-order chi connectivity index (χ1) is 11.1. The number of hydrogen-bond donors (Lipinski definition) is 2. The lowest BCUT2D eigenvalue weighted by atomic mass is 9.88. The summed E-state index contributed by atoms with van der Waals surface area (Å²) in [6, 6.07) is 4.78. The van der Waals surface area contributed by atoms with Crippen molar-refractivity contribution < 1.29 is 26.7 Å². The Labute approximate surface area is 139 Å². The summed E-state index contributed by atoms with van der Waals surface area (Å²) in [6.45, 7) is 2.75. The summed E-state index contributed by atoms with van der Waals surface area (Å²) >= 11 is 0. The first-order valence-electron chi connectivity index (χ1n) is 7.44. The molecule has 0 aliphatic carbocycles. The van der Waals surface area contributed by atoms with E-state index in [1.165, 1.54) is 24.3 Å². The van der Waals surface area contributed by atoms with Crippen LogP contribution in [-0.2, 0) is 14.8 Å². The third-order valence-corrected chi connectivity index (χ3v) is 5.29.